The van der Waals surface area contributed by atoms with E-state index in [1.165, 1.54) is 5.56 Å². The number of benzene rings is 2. The fourth-order valence-corrected chi connectivity index (χ4v) is 3.23. The summed E-state index contributed by atoms with van der Waals surface area (Å²) in [6, 6.07) is 16.7. The van der Waals surface area contributed by atoms with Crippen LogP contribution in [0.25, 0.3) is 22.0 Å². The number of hydrogen-bond acceptors (Lipinski definition) is 4. The molecule has 0 bridgehead atoms. The summed E-state index contributed by atoms with van der Waals surface area (Å²) >= 11 is 0. The third-order valence-electron chi connectivity index (χ3n) is 4.80. The molecule has 1 N–H and O–H groups in total. The fraction of sp³-hybridized carbons (Fsp3) is 0.261. The molecule has 2 aromatic carbocycles. The van der Waals surface area contributed by atoms with Crippen molar-refractivity contribution in [3.63, 3.8) is 0 Å². The minimum absolute atomic E-state index is 0.659. The number of fused-ring (bicyclic) bond motifs is 1. The molecule has 5 nitrogen and oxygen atoms in total. The van der Waals surface area contributed by atoms with Gasteiger partial charge in [-0.25, -0.2) is 9.97 Å². The summed E-state index contributed by atoms with van der Waals surface area (Å²) in [5.74, 6) is 1.55. The minimum Gasteiger partial charge on any atom is -0.369 e. The maximum Gasteiger partial charge on any atom is 0.137 e. The van der Waals surface area contributed by atoms with Gasteiger partial charge in [0.25, 0.3) is 0 Å². The summed E-state index contributed by atoms with van der Waals surface area (Å²) < 4.78 is 1.97. The summed E-state index contributed by atoms with van der Waals surface area (Å²) in [4.78, 5) is 8.87. The first-order chi connectivity index (χ1) is 13.7. The molecular weight excluding hydrogens is 346 g/mol. The summed E-state index contributed by atoms with van der Waals surface area (Å²) in [6.45, 7) is 6.12. The molecule has 0 saturated carbocycles. The van der Waals surface area contributed by atoms with Crippen molar-refractivity contribution in [1.29, 1.82) is 0 Å². The normalized spacial score (nSPS) is 11.2. The molecule has 2 heterocycles. The summed E-state index contributed by atoms with van der Waals surface area (Å²) in [5, 5.41) is 9.03. The van der Waals surface area contributed by atoms with Crippen LogP contribution in [0.2, 0.25) is 0 Å². The summed E-state index contributed by atoms with van der Waals surface area (Å²) in [6.07, 6.45) is 6.73. The predicted molar refractivity (Wildman–Crippen MR) is 114 cm³/mol. The highest BCUT2D eigenvalue weighted by Gasteiger charge is 2.08. The van der Waals surface area contributed by atoms with Crippen LogP contribution in [0, 0.1) is 5.92 Å². The van der Waals surface area contributed by atoms with Crippen LogP contribution in [0.15, 0.2) is 67.3 Å². The number of anilines is 1. The van der Waals surface area contributed by atoms with E-state index in [2.05, 4.69) is 82.9 Å². The van der Waals surface area contributed by atoms with E-state index in [9.17, 15) is 0 Å². The van der Waals surface area contributed by atoms with Crippen molar-refractivity contribution in [3.8, 4) is 11.1 Å². The first-order valence-corrected chi connectivity index (χ1v) is 9.74. The van der Waals surface area contributed by atoms with E-state index in [0.29, 0.717) is 5.92 Å². The van der Waals surface area contributed by atoms with Crippen LogP contribution in [0.1, 0.15) is 25.8 Å². The molecule has 5 heteroatoms. The number of aromatic nitrogens is 4. The van der Waals surface area contributed by atoms with Crippen molar-refractivity contribution in [3.05, 3.63) is 72.8 Å². The Labute approximate surface area is 165 Å². The van der Waals surface area contributed by atoms with Crippen LogP contribution < -0.4 is 5.32 Å². The molecule has 142 valence electrons. The topological polar surface area (TPSA) is 55.6 Å². The smallest absolute Gasteiger partial charge is 0.137 e. The van der Waals surface area contributed by atoms with Gasteiger partial charge in [-0.1, -0.05) is 50.2 Å². The van der Waals surface area contributed by atoms with E-state index in [0.717, 1.165) is 47.4 Å². The van der Waals surface area contributed by atoms with E-state index in [1.807, 2.05) is 16.9 Å². The Bertz CT molecular complexity index is 1050. The number of rotatable bonds is 7. The van der Waals surface area contributed by atoms with Gasteiger partial charge in [-0.2, -0.15) is 5.10 Å². The second-order valence-corrected chi connectivity index (χ2v) is 7.48. The molecule has 0 saturated heterocycles. The van der Waals surface area contributed by atoms with Gasteiger partial charge < -0.3 is 5.32 Å². The first-order valence-electron chi connectivity index (χ1n) is 9.74. The van der Waals surface area contributed by atoms with Crippen LogP contribution in [0.4, 0.5) is 5.82 Å². The van der Waals surface area contributed by atoms with Crippen molar-refractivity contribution in [2.24, 2.45) is 5.92 Å². The van der Waals surface area contributed by atoms with Crippen LogP contribution in [-0.2, 0) is 6.54 Å². The van der Waals surface area contributed by atoms with Crippen LogP contribution in [-0.4, -0.2) is 26.3 Å². The van der Waals surface area contributed by atoms with Crippen molar-refractivity contribution < 1.29 is 0 Å². The number of nitrogens with zero attached hydrogens (tertiary/aromatic N) is 4. The Kier molecular flexibility index (Phi) is 5.33. The lowest BCUT2D eigenvalue weighted by Crippen LogP contribution is -2.06. The molecule has 0 radical (unpaired) electrons. The Morgan fingerprint density at radius 2 is 1.86 bits per heavy atom. The van der Waals surface area contributed by atoms with Gasteiger partial charge in [-0.3, -0.25) is 4.68 Å². The van der Waals surface area contributed by atoms with Gasteiger partial charge in [0.1, 0.15) is 12.1 Å². The fourth-order valence-electron chi connectivity index (χ4n) is 3.23. The zero-order valence-electron chi connectivity index (χ0n) is 16.3. The molecule has 0 atom stereocenters. The minimum atomic E-state index is 0.659. The third kappa shape index (κ3) is 4.19. The molecule has 4 rings (SSSR count). The highest BCUT2D eigenvalue weighted by Crippen LogP contribution is 2.27. The molecule has 28 heavy (non-hydrogen) atoms. The zero-order valence-corrected chi connectivity index (χ0v) is 16.3. The first kappa shape index (κ1) is 18.2. The quantitative estimate of drug-likeness (QED) is 0.497. The van der Waals surface area contributed by atoms with Gasteiger partial charge in [0.2, 0.25) is 0 Å². The van der Waals surface area contributed by atoms with Gasteiger partial charge in [0.15, 0.2) is 0 Å². The van der Waals surface area contributed by atoms with E-state index < -0.39 is 0 Å². The van der Waals surface area contributed by atoms with Crippen LogP contribution in [0.3, 0.4) is 0 Å². The molecule has 2 aromatic heterocycles. The van der Waals surface area contributed by atoms with Crippen molar-refractivity contribution >= 4 is 16.7 Å². The molecule has 0 amide bonds. The standard InChI is InChI=1S/C23H25N5/c1-17(2)10-11-24-23-21-12-19(8-9-22(21)25-16-26-23)20-13-27-28(15-20)14-18-6-4-3-5-7-18/h3-9,12-13,15-17H,10-11,14H2,1-2H3,(H,24,25,26). The Morgan fingerprint density at radius 3 is 2.68 bits per heavy atom. The van der Waals surface area contributed by atoms with Gasteiger partial charge in [0.05, 0.1) is 18.3 Å². The zero-order chi connectivity index (χ0) is 19.3. The van der Waals surface area contributed by atoms with Gasteiger partial charge in [-0.15, -0.1) is 0 Å². The van der Waals surface area contributed by atoms with Crippen LogP contribution >= 0.6 is 0 Å². The van der Waals surface area contributed by atoms with E-state index >= 15 is 0 Å². The average Bonchev–Trinajstić information content (AvgIpc) is 3.17. The Morgan fingerprint density at radius 1 is 1.00 bits per heavy atom. The average molecular weight is 371 g/mol. The van der Waals surface area contributed by atoms with Crippen molar-refractivity contribution in [2.45, 2.75) is 26.8 Å². The maximum atomic E-state index is 4.53. The van der Waals surface area contributed by atoms with Gasteiger partial charge >= 0.3 is 0 Å². The predicted octanol–water partition coefficient (Wildman–Crippen LogP) is 5.00. The molecule has 0 unspecified atom stereocenters. The molecule has 0 fully saturated rings. The van der Waals surface area contributed by atoms with Crippen LogP contribution in [0.5, 0.6) is 0 Å². The molecule has 4 aromatic rings. The molecular formula is C23H25N5. The summed E-state index contributed by atoms with van der Waals surface area (Å²) in [5.41, 5.74) is 4.39. The third-order valence-corrected chi connectivity index (χ3v) is 4.80. The lowest BCUT2D eigenvalue weighted by atomic mass is 10.1. The molecule has 0 spiro atoms. The van der Waals surface area contributed by atoms with Crippen molar-refractivity contribution in [2.75, 3.05) is 11.9 Å². The Hall–Kier alpha value is -3.21. The highest BCUT2D eigenvalue weighted by atomic mass is 15.3. The molecule has 0 aliphatic carbocycles. The summed E-state index contributed by atoms with van der Waals surface area (Å²) in [7, 11) is 0. The van der Waals surface area contributed by atoms with Gasteiger partial charge in [-0.05, 0) is 35.6 Å². The second-order valence-electron chi connectivity index (χ2n) is 7.48. The highest BCUT2D eigenvalue weighted by molar-refractivity contribution is 5.92. The van der Waals surface area contributed by atoms with E-state index in [1.54, 1.807) is 6.33 Å². The second kappa shape index (κ2) is 8.21. The molecule has 0 aliphatic rings. The molecule has 0 aliphatic heterocycles. The lowest BCUT2D eigenvalue weighted by Gasteiger charge is -2.10. The number of nitrogens with one attached hydrogen (secondary N) is 1. The van der Waals surface area contributed by atoms with E-state index in [-0.39, 0.29) is 0 Å². The van der Waals surface area contributed by atoms with E-state index in [4.69, 9.17) is 0 Å². The lowest BCUT2D eigenvalue weighted by molar-refractivity contribution is 0.607. The Balaban J connectivity index is 1.59. The maximum absolute atomic E-state index is 4.53. The monoisotopic (exact) mass is 371 g/mol. The van der Waals surface area contributed by atoms with Crippen molar-refractivity contribution in [1.82, 2.24) is 19.7 Å². The number of hydrogen-bond donors (Lipinski definition) is 1. The largest absolute Gasteiger partial charge is 0.369 e. The van der Waals surface area contributed by atoms with Gasteiger partial charge in [0, 0.05) is 23.7 Å². The SMILES string of the molecule is CC(C)CCNc1ncnc2ccc(-c3cnn(Cc4ccccc4)c3)cc12.